The zero-order valence-electron chi connectivity index (χ0n) is 18.1. The maximum atomic E-state index is 13.7. The number of anilines is 1. The first kappa shape index (κ1) is 21.7. The van der Waals surface area contributed by atoms with Gasteiger partial charge < -0.3 is 19.4 Å². The number of aromatic nitrogens is 3. The minimum atomic E-state index is -4.58. The van der Waals surface area contributed by atoms with Crippen molar-refractivity contribution in [2.24, 2.45) is 0 Å². The summed E-state index contributed by atoms with van der Waals surface area (Å²) in [6.45, 7) is 1.66. The fraction of sp³-hybridized carbons (Fsp3) is 0.455. The number of H-pyrrole nitrogens is 1. The first-order valence-corrected chi connectivity index (χ1v) is 12.8. The third-order valence-corrected chi connectivity index (χ3v) is 8.87. The first-order valence-electron chi connectivity index (χ1n) is 10.9. The second-order valence-electron chi connectivity index (χ2n) is 9.01. The van der Waals surface area contributed by atoms with Crippen LogP contribution in [0.5, 0.6) is 5.75 Å². The third kappa shape index (κ3) is 3.18. The fourth-order valence-corrected chi connectivity index (χ4v) is 6.19. The molecule has 2 aromatic heterocycles. The quantitative estimate of drug-likeness (QED) is 0.597. The molecule has 1 unspecified atom stereocenters. The number of nitrogens with zero attached hydrogens (tertiary/aromatic N) is 3. The maximum Gasteiger partial charge on any atom is 0.416 e. The van der Waals surface area contributed by atoms with Gasteiger partial charge in [0.2, 0.25) is 0 Å². The van der Waals surface area contributed by atoms with Crippen LogP contribution in [0.15, 0.2) is 24.4 Å². The zero-order valence-corrected chi connectivity index (χ0v) is 19.0. The summed E-state index contributed by atoms with van der Waals surface area (Å²) in [6.07, 6.45) is -1.13. The zero-order chi connectivity index (χ0) is 23.9. The molecule has 180 valence electrons. The molecule has 8 nitrogen and oxygen atoms in total. The smallest absolute Gasteiger partial charge is 0.416 e. The van der Waals surface area contributed by atoms with Gasteiger partial charge in [-0.2, -0.15) is 13.2 Å². The molecule has 2 aliphatic heterocycles. The number of rotatable bonds is 3. The molecule has 1 atom stereocenters. The molecule has 12 heteroatoms. The first-order chi connectivity index (χ1) is 16.1. The Morgan fingerprint density at radius 3 is 2.71 bits per heavy atom. The van der Waals surface area contributed by atoms with Crippen molar-refractivity contribution in [1.82, 2.24) is 15.0 Å². The van der Waals surface area contributed by atoms with Gasteiger partial charge in [-0.15, -0.1) is 0 Å². The summed E-state index contributed by atoms with van der Waals surface area (Å²) in [6, 6.07) is 3.59. The second kappa shape index (κ2) is 7.08. The number of morpholine rings is 1. The molecule has 2 fully saturated rings. The topological polar surface area (TPSA) is 97.4 Å². The normalized spacial score (nSPS) is 21.6. The molecule has 0 amide bonds. The Balaban J connectivity index is 1.64. The lowest BCUT2D eigenvalue weighted by Gasteiger charge is -2.41. The van der Waals surface area contributed by atoms with Crippen molar-refractivity contribution in [1.29, 1.82) is 0 Å². The number of alkyl halides is 3. The van der Waals surface area contributed by atoms with Crippen molar-refractivity contribution in [2.45, 2.75) is 29.8 Å². The summed E-state index contributed by atoms with van der Waals surface area (Å²) in [4.78, 5) is 14.1. The van der Waals surface area contributed by atoms with E-state index in [2.05, 4.69) is 15.0 Å². The van der Waals surface area contributed by atoms with E-state index in [9.17, 15) is 21.6 Å². The van der Waals surface area contributed by atoms with Gasteiger partial charge in [-0.3, -0.25) is 0 Å². The van der Waals surface area contributed by atoms with Crippen LogP contribution < -0.4 is 9.64 Å². The number of halogens is 3. The molecular formula is C22H21F3N4O4S. The Morgan fingerprint density at radius 2 is 2.00 bits per heavy atom. The number of nitrogens with one attached hydrogen (secondary N) is 1. The van der Waals surface area contributed by atoms with Gasteiger partial charge in [0.15, 0.2) is 27.2 Å². The van der Waals surface area contributed by atoms with Gasteiger partial charge in [-0.05, 0) is 31.0 Å². The lowest BCUT2D eigenvalue weighted by molar-refractivity contribution is -0.137. The summed E-state index contributed by atoms with van der Waals surface area (Å²) in [5.41, 5.74) is -0.154. The minimum Gasteiger partial charge on any atom is -0.486 e. The van der Waals surface area contributed by atoms with Crippen LogP contribution in [-0.2, 0) is 25.5 Å². The Morgan fingerprint density at radius 1 is 1.21 bits per heavy atom. The van der Waals surface area contributed by atoms with Crippen LogP contribution in [0.1, 0.15) is 24.1 Å². The van der Waals surface area contributed by atoms with Crippen molar-refractivity contribution in [3.05, 3.63) is 35.7 Å². The van der Waals surface area contributed by atoms with Crippen LogP contribution in [0.4, 0.5) is 19.0 Å². The Hall–Kier alpha value is -2.86. The van der Waals surface area contributed by atoms with Crippen LogP contribution in [0, 0.1) is 0 Å². The molecule has 34 heavy (non-hydrogen) atoms. The van der Waals surface area contributed by atoms with Gasteiger partial charge in [0.1, 0.15) is 17.0 Å². The maximum absolute atomic E-state index is 13.7. The summed E-state index contributed by atoms with van der Waals surface area (Å²) in [5.74, 6) is 0.729. The van der Waals surface area contributed by atoms with Crippen LogP contribution in [0.3, 0.4) is 0 Å². The van der Waals surface area contributed by atoms with E-state index in [-0.39, 0.29) is 35.2 Å². The summed E-state index contributed by atoms with van der Waals surface area (Å²) < 4.78 is 76.9. The molecule has 3 aromatic rings. The molecule has 4 heterocycles. The molecule has 1 aromatic carbocycles. The van der Waals surface area contributed by atoms with Crippen LogP contribution in [0.25, 0.3) is 22.3 Å². The monoisotopic (exact) mass is 494 g/mol. The van der Waals surface area contributed by atoms with E-state index in [4.69, 9.17) is 9.47 Å². The van der Waals surface area contributed by atoms with Gasteiger partial charge in [0, 0.05) is 35.5 Å². The van der Waals surface area contributed by atoms with E-state index in [1.165, 1.54) is 0 Å². The molecule has 0 radical (unpaired) electrons. The van der Waals surface area contributed by atoms with Crippen LogP contribution in [0.2, 0.25) is 0 Å². The van der Waals surface area contributed by atoms with Gasteiger partial charge in [0.05, 0.1) is 24.8 Å². The van der Waals surface area contributed by atoms with Crippen LogP contribution >= 0.6 is 0 Å². The number of ether oxygens (including phenoxy) is 2. The summed E-state index contributed by atoms with van der Waals surface area (Å²) in [5, 5.41) is 0.512. The van der Waals surface area contributed by atoms with Gasteiger partial charge in [-0.25, -0.2) is 18.4 Å². The molecular weight excluding hydrogens is 473 g/mol. The number of benzene rings is 1. The standard InChI is InChI=1S/C22H21F3N4O4S/c1-34(30,31)21(3-4-21)18-17-20(29-6-7-32-10-13(29)11-33-17)28-19(27-18)15-8-12(22(23,24)25)9-16-14(15)2-5-26-16/h2,5,8-9,13,26H,3-4,6-7,10-11H2,1H3. The number of hydrogen-bond donors (Lipinski definition) is 1. The van der Waals surface area contributed by atoms with Crippen molar-refractivity contribution in [2.75, 3.05) is 37.5 Å². The lowest BCUT2D eigenvalue weighted by atomic mass is 10.0. The highest BCUT2D eigenvalue weighted by molar-refractivity contribution is 7.92. The van der Waals surface area contributed by atoms with Crippen molar-refractivity contribution < 1.29 is 31.1 Å². The van der Waals surface area contributed by atoms with E-state index in [0.29, 0.717) is 49.6 Å². The SMILES string of the molecule is CS(=O)(=O)C1(c2nc(-c3cc(C(F)(F)F)cc4[nH]ccc34)nc3c2OCC2COCCN32)CC1. The molecule has 1 saturated carbocycles. The molecule has 0 spiro atoms. The number of fused-ring (bicyclic) bond motifs is 4. The Bertz CT molecular complexity index is 1420. The largest absolute Gasteiger partial charge is 0.486 e. The highest BCUT2D eigenvalue weighted by Crippen LogP contribution is 2.56. The predicted octanol–water partition coefficient (Wildman–Crippen LogP) is 3.28. The van der Waals surface area contributed by atoms with Crippen LogP contribution in [-0.4, -0.2) is 62.0 Å². The second-order valence-corrected chi connectivity index (χ2v) is 11.3. The molecule has 1 aliphatic carbocycles. The highest BCUT2D eigenvalue weighted by Gasteiger charge is 2.58. The van der Waals surface area contributed by atoms with E-state index in [0.717, 1.165) is 18.4 Å². The number of sulfone groups is 1. The van der Waals surface area contributed by atoms with Gasteiger partial charge in [-0.1, -0.05) is 0 Å². The van der Waals surface area contributed by atoms with Crippen molar-refractivity contribution in [3.63, 3.8) is 0 Å². The fourth-order valence-electron chi connectivity index (χ4n) is 4.86. The van der Waals surface area contributed by atoms with E-state index >= 15 is 0 Å². The van der Waals surface area contributed by atoms with E-state index in [1.54, 1.807) is 12.3 Å². The van der Waals surface area contributed by atoms with E-state index in [1.807, 2.05) is 4.90 Å². The molecule has 6 rings (SSSR count). The third-order valence-electron chi connectivity index (χ3n) is 6.85. The van der Waals surface area contributed by atoms with Gasteiger partial charge >= 0.3 is 6.18 Å². The highest BCUT2D eigenvalue weighted by atomic mass is 32.2. The van der Waals surface area contributed by atoms with Gasteiger partial charge in [0.25, 0.3) is 0 Å². The molecule has 1 saturated heterocycles. The summed E-state index contributed by atoms with van der Waals surface area (Å²) >= 11 is 0. The Labute approximate surface area is 193 Å². The molecule has 0 bridgehead atoms. The predicted molar refractivity (Wildman–Crippen MR) is 118 cm³/mol. The average Bonchev–Trinajstić information content (AvgIpc) is 3.48. The van der Waals surface area contributed by atoms with E-state index < -0.39 is 26.3 Å². The minimum absolute atomic E-state index is 0.0371. The van der Waals surface area contributed by atoms with Crippen molar-refractivity contribution in [3.8, 4) is 17.1 Å². The Kier molecular flexibility index (Phi) is 4.51. The van der Waals surface area contributed by atoms with Crippen molar-refractivity contribution >= 4 is 26.6 Å². The average molecular weight is 494 g/mol. The number of aromatic amines is 1. The lowest BCUT2D eigenvalue weighted by Crippen LogP contribution is -2.52. The summed E-state index contributed by atoms with van der Waals surface area (Å²) in [7, 11) is -3.57. The molecule has 3 aliphatic rings. The number of hydrogen-bond acceptors (Lipinski definition) is 7. The molecule has 1 N–H and O–H groups in total.